The molecule has 0 radical (unpaired) electrons. The van der Waals surface area contributed by atoms with E-state index in [-0.39, 0.29) is 30.6 Å². The van der Waals surface area contributed by atoms with Crippen molar-refractivity contribution in [3.63, 3.8) is 0 Å². The van der Waals surface area contributed by atoms with Crippen LogP contribution in [0.15, 0.2) is 41.4 Å². The van der Waals surface area contributed by atoms with Gasteiger partial charge in [0.2, 0.25) is 5.91 Å². The van der Waals surface area contributed by atoms with E-state index in [4.69, 9.17) is 21.1 Å². The van der Waals surface area contributed by atoms with Gasteiger partial charge in [-0.05, 0) is 76.5 Å². The molecule has 4 rings (SSSR count). The lowest BCUT2D eigenvalue weighted by Gasteiger charge is -2.34. The number of ether oxygens (including phenoxy) is 2. The monoisotopic (exact) mass is 603 g/mol. The van der Waals surface area contributed by atoms with E-state index in [1.54, 1.807) is 26.0 Å². The molecule has 0 aromatic heterocycles. The summed E-state index contributed by atoms with van der Waals surface area (Å²) in [6.45, 7) is 8.25. The van der Waals surface area contributed by atoms with Crippen LogP contribution >= 0.6 is 11.6 Å². The molecule has 0 spiro atoms. The number of aliphatic hydroxyl groups is 1. The number of unbranched alkanes of at least 4 members (excludes halogenated alkanes) is 1. The first-order valence-corrected chi connectivity index (χ1v) is 16.2. The van der Waals surface area contributed by atoms with E-state index in [0.717, 1.165) is 37.8 Å². The fourth-order valence-electron chi connectivity index (χ4n) is 5.55. The maximum Gasteiger partial charge on any atom is 0.332 e. The summed E-state index contributed by atoms with van der Waals surface area (Å²) in [5.41, 5.74) is 0.971. The number of likely N-dealkylation sites (tertiary alicyclic amines) is 1. The Morgan fingerprint density at radius 3 is 2.79 bits per heavy atom. The normalized spacial score (nSPS) is 20.0. The van der Waals surface area contributed by atoms with Gasteiger partial charge in [-0.2, -0.15) is 0 Å². The second-order valence-electron chi connectivity index (χ2n) is 11.6. The largest absolute Gasteiger partial charge is 0.461 e. The lowest BCUT2D eigenvalue weighted by molar-refractivity contribution is -0.152. The summed E-state index contributed by atoms with van der Waals surface area (Å²) >= 11 is 6.00. The average molecular weight is 604 g/mol. The van der Waals surface area contributed by atoms with Crippen molar-refractivity contribution in [2.45, 2.75) is 103 Å². The van der Waals surface area contributed by atoms with E-state index in [0.29, 0.717) is 31.0 Å². The highest BCUT2D eigenvalue weighted by atomic mass is 35.5. The number of aliphatic hydroxyl groups excluding tert-OH is 1. The molecule has 1 N–H and O–H groups in total. The van der Waals surface area contributed by atoms with Crippen LogP contribution in [0, 0.1) is 0 Å². The molecule has 0 bridgehead atoms. The molecule has 2 saturated heterocycles. The van der Waals surface area contributed by atoms with Gasteiger partial charge < -0.3 is 24.4 Å². The molecule has 2 atom stereocenters. The summed E-state index contributed by atoms with van der Waals surface area (Å²) in [6.07, 6.45) is 13.9. The first-order valence-electron chi connectivity index (χ1n) is 15.8. The average Bonchev–Trinajstić information content (AvgIpc) is 3.20. The van der Waals surface area contributed by atoms with Crippen LogP contribution in [0.25, 0.3) is 0 Å². The van der Waals surface area contributed by atoms with Crippen molar-refractivity contribution < 1.29 is 24.2 Å². The maximum atomic E-state index is 12.4. The Morgan fingerprint density at radius 2 is 1.98 bits per heavy atom. The van der Waals surface area contributed by atoms with E-state index >= 15 is 0 Å². The van der Waals surface area contributed by atoms with Crippen molar-refractivity contribution in [2.75, 3.05) is 39.4 Å². The van der Waals surface area contributed by atoms with Crippen LogP contribution in [0.5, 0.6) is 0 Å². The van der Waals surface area contributed by atoms with Gasteiger partial charge in [-0.25, -0.2) is 4.79 Å². The highest BCUT2D eigenvalue weighted by Crippen LogP contribution is 2.21. The highest BCUT2D eigenvalue weighted by molar-refractivity contribution is 6.30. The number of aliphatic imine (C=N–C) groups is 1. The van der Waals surface area contributed by atoms with Gasteiger partial charge in [0, 0.05) is 57.1 Å². The molecule has 1 unspecified atom stereocenters. The highest BCUT2D eigenvalue weighted by Gasteiger charge is 2.25. The molecule has 42 heavy (non-hydrogen) atoms. The number of rotatable bonds is 12. The Kier molecular flexibility index (Phi) is 15.4. The van der Waals surface area contributed by atoms with Crippen LogP contribution in [0.2, 0.25) is 5.02 Å². The summed E-state index contributed by atoms with van der Waals surface area (Å²) < 4.78 is 10.4. The van der Waals surface area contributed by atoms with Crippen molar-refractivity contribution in [2.24, 2.45) is 4.99 Å². The molecule has 3 aliphatic heterocycles. The second kappa shape index (κ2) is 19.0. The topological polar surface area (TPSA) is 91.7 Å². The number of halogens is 1. The molecular formula is C33H50ClN3O5. The minimum atomic E-state index is -0.628. The number of carbonyl (C=O) groups is 2. The number of esters is 1. The summed E-state index contributed by atoms with van der Waals surface area (Å²) in [6, 6.07) is 7.45. The van der Waals surface area contributed by atoms with E-state index in [9.17, 15) is 14.7 Å². The van der Waals surface area contributed by atoms with Crippen LogP contribution in [0.4, 0.5) is 0 Å². The zero-order valence-electron chi connectivity index (χ0n) is 25.5. The number of fused-ring (bicyclic) bond motifs is 1. The standard InChI is InChI=1S/C24H34ClNO5.C9H16N2/c1-18(2)31-24(29)17-30-14-4-3-13-26-21(9-6-10-23(26)28)11-12-22(27)16-19-7-5-8-20(25)15-19;1-2-5-9-10-6-4-8-11(9)7-3-1/h5,7-8,11-12,15,18,21-22,27H,3-4,6,9-10,13-14,16-17H2,1-2H3;1-8H2/b12-11+;/t21-,22?;/m1./s1. The molecule has 9 heteroatoms. The lowest BCUT2D eigenvalue weighted by Crippen LogP contribution is -2.43. The zero-order valence-corrected chi connectivity index (χ0v) is 26.3. The molecule has 1 amide bonds. The number of carbonyl (C=O) groups excluding carboxylic acids is 2. The number of hydrogen-bond acceptors (Lipinski definition) is 7. The number of nitrogens with zero attached hydrogens (tertiary/aromatic N) is 3. The van der Waals surface area contributed by atoms with Crippen LogP contribution in [-0.4, -0.2) is 90.3 Å². The number of amidine groups is 1. The molecular weight excluding hydrogens is 554 g/mol. The van der Waals surface area contributed by atoms with Crippen molar-refractivity contribution >= 4 is 29.3 Å². The zero-order chi connectivity index (χ0) is 30.2. The number of benzene rings is 1. The SMILES string of the molecule is C1CCC2=NCCCN2CC1.CC(C)OC(=O)COCCCCN1C(=O)CCC[C@@H]1/C=C/C(O)Cc1cccc(Cl)c1. The Morgan fingerprint density at radius 1 is 1.14 bits per heavy atom. The van der Waals surface area contributed by atoms with Crippen LogP contribution in [0.1, 0.15) is 83.6 Å². The number of hydrogen-bond donors (Lipinski definition) is 1. The first-order chi connectivity index (χ1) is 20.3. The van der Waals surface area contributed by atoms with E-state index in [1.165, 1.54) is 51.0 Å². The molecule has 3 aliphatic rings. The molecule has 1 aromatic rings. The Balaban J connectivity index is 0.000000363. The van der Waals surface area contributed by atoms with Crippen LogP contribution in [-0.2, 0) is 25.5 Å². The van der Waals surface area contributed by atoms with E-state index in [2.05, 4.69) is 9.89 Å². The van der Waals surface area contributed by atoms with Gasteiger partial charge in [0.1, 0.15) is 6.61 Å². The van der Waals surface area contributed by atoms with Gasteiger partial charge in [-0.1, -0.05) is 42.3 Å². The fraction of sp³-hybridized carbons (Fsp3) is 0.667. The maximum absolute atomic E-state index is 12.4. The summed E-state index contributed by atoms with van der Waals surface area (Å²) in [7, 11) is 0. The molecule has 0 saturated carbocycles. The fourth-order valence-corrected chi connectivity index (χ4v) is 5.76. The van der Waals surface area contributed by atoms with Gasteiger partial charge in [-0.3, -0.25) is 9.79 Å². The Bertz CT molecular complexity index is 1030. The van der Waals surface area contributed by atoms with Crippen LogP contribution in [0.3, 0.4) is 0 Å². The van der Waals surface area contributed by atoms with Crippen molar-refractivity contribution in [3.8, 4) is 0 Å². The summed E-state index contributed by atoms with van der Waals surface area (Å²) in [5.74, 6) is 1.18. The third-order valence-electron chi connectivity index (χ3n) is 7.60. The van der Waals surface area contributed by atoms with E-state index < -0.39 is 6.10 Å². The number of amides is 1. The van der Waals surface area contributed by atoms with Gasteiger partial charge in [0.15, 0.2) is 0 Å². The minimum Gasteiger partial charge on any atom is -0.461 e. The summed E-state index contributed by atoms with van der Waals surface area (Å²) in [5, 5.41) is 11.0. The predicted molar refractivity (Wildman–Crippen MR) is 168 cm³/mol. The molecule has 234 valence electrons. The third kappa shape index (κ3) is 12.8. The molecule has 0 aliphatic carbocycles. The minimum absolute atomic E-state index is 0.00259. The third-order valence-corrected chi connectivity index (χ3v) is 7.83. The quantitative estimate of drug-likeness (QED) is 0.190. The molecule has 2 fully saturated rings. The lowest BCUT2D eigenvalue weighted by atomic mass is 9.99. The Hall–Kier alpha value is -2.42. The van der Waals surface area contributed by atoms with Gasteiger partial charge in [0.05, 0.1) is 24.1 Å². The van der Waals surface area contributed by atoms with Gasteiger partial charge >= 0.3 is 5.97 Å². The van der Waals surface area contributed by atoms with Crippen molar-refractivity contribution in [1.29, 1.82) is 0 Å². The van der Waals surface area contributed by atoms with Crippen LogP contribution < -0.4 is 0 Å². The van der Waals surface area contributed by atoms with Crippen molar-refractivity contribution in [3.05, 3.63) is 47.0 Å². The molecule has 3 heterocycles. The smallest absolute Gasteiger partial charge is 0.332 e. The Labute approximate surface area is 257 Å². The first kappa shape index (κ1) is 34.1. The second-order valence-corrected chi connectivity index (χ2v) is 12.0. The molecule has 8 nitrogen and oxygen atoms in total. The summed E-state index contributed by atoms with van der Waals surface area (Å²) in [4.78, 5) is 32.8. The number of piperidine rings is 1. The molecule has 1 aromatic carbocycles. The van der Waals surface area contributed by atoms with Gasteiger partial charge in [-0.15, -0.1) is 0 Å². The van der Waals surface area contributed by atoms with Gasteiger partial charge in [0.25, 0.3) is 0 Å². The van der Waals surface area contributed by atoms with Crippen molar-refractivity contribution in [1.82, 2.24) is 9.80 Å². The van der Waals surface area contributed by atoms with E-state index in [1.807, 2.05) is 29.2 Å². The predicted octanol–water partition coefficient (Wildman–Crippen LogP) is 5.59.